The van der Waals surface area contributed by atoms with Crippen LogP contribution in [0, 0.1) is 12.7 Å². The lowest BCUT2D eigenvalue weighted by Crippen LogP contribution is -2.45. The zero-order chi connectivity index (χ0) is 23.2. The van der Waals surface area contributed by atoms with E-state index in [1.807, 2.05) is 30.3 Å². The largest absolute Gasteiger partial charge is 0.340 e. The minimum absolute atomic E-state index is 0.0422. The van der Waals surface area contributed by atoms with Crippen molar-refractivity contribution in [1.82, 2.24) is 25.5 Å². The molecule has 0 aliphatic rings. The lowest BCUT2D eigenvalue weighted by Gasteiger charge is -2.19. The first-order chi connectivity index (χ1) is 16.0. The Morgan fingerprint density at radius 3 is 2.36 bits per heavy atom. The molecule has 0 spiro atoms. The minimum atomic E-state index is -0.932. The van der Waals surface area contributed by atoms with Crippen LogP contribution in [0.1, 0.15) is 21.7 Å². The molecule has 0 aliphatic carbocycles. The van der Waals surface area contributed by atoms with E-state index in [4.69, 9.17) is 0 Å². The van der Waals surface area contributed by atoms with Crippen molar-refractivity contribution in [2.24, 2.45) is 0 Å². The number of amides is 2. The second kappa shape index (κ2) is 9.82. The number of carbonyl (C=O) groups is 2. The van der Waals surface area contributed by atoms with E-state index in [2.05, 4.69) is 26.2 Å². The van der Waals surface area contributed by atoms with Crippen LogP contribution in [0.5, 0.6) is 0 Å². The van der Waals surface area contributed by atoms with E-state index in [1.54, 1.807) is 37.3 Å². The second-order valence-corrected chi connectivity index (χ2v) is 7.37. The summed E-state index contributed by atoms with van der Waals surface area (Å²) in [6.45, 7) is 1.70. The number of carbonyl (C=O) groups excluding carboxylic acids is 2. The van der Waals surface area contributed by atoms with E-state index in [-0.39, 0.29) is 12.1 Å². The summed E-state index contributed by atoms with van der Waals surface area (Å²) >= 11 is 0. The molecule has 0 saturated heterocycles. The second-order valence-electron chi connectivity index (χ2n) is 7.37. The first kappa shape index (κ1) is 21.8. The predicted molar refractivity (Wildman–Crippen MR) is 120 cm³/mol. The van der Waals surface area contributed by atoms with Crippen LogP contribution in [0.4, 0.5) is 10.1 Å². The Morgan fingerprint density at radius 2 is 1.70 bits per heavy atom. The summed E-state index contributed by atoms with van der Waals surface area (Å²) < 4.78 is 16.0. The molecule has 166 valence electrons. The molecule has 2 amide bonds. The summed E-state index contributed by atoms with van der Waals surface area (Å²) in [6, 6.07) is 21.1. The van der Waals surface area contributed by atoms with Crippen LogP contribution in [0.3, 0.4) is 0 Å². The molecule has 3 aromatic carbocycles. The third-order valence-corrected chi connectivity index (χ3v) is 5.02. The number of rotatable bonds is 7. The number of nitrogens with zero attached hydrogens (tertiary/aromatic N) is 4. The van der Waals surface area contributed by atoms with Crippen molar-refractivity contribution in [3.63, 3.8) is 0 Å². The molecule has 9 heteroatoms. The summed E-state index contributed by atoms with van der Waals surface area (Å²) in [5.41, 5.74) is 1.72. The van der Waals surface area contributed by atoms with E-state index < -0.39 is 23.7 Å². The van der Waals surface area contributed by atoms with Gasteiger partial charge in [-0.1, -0.05) is 48.5 Å². The van der Waals surface area contributed by atoms with Crippen molar-refractivity contribution >= 4 is 17.5 Å². The fourth-order valence-electron chi connectivity index (χ4n) is 3.32. The average Bonchev–Trinajstić information content (AvgIpc) is 3.27. The van der Waals surface area contributed by atoms with Gasteiger partial charge in [0.1, 0.15) is 11.9 Å². The van der Waals surface area contributed by atoms with Crippen molar-refractivity contribution in [2.75, 3.05) is 5.32 Å². The van der Waals surface area contributed by atoms with Gasteiger partial charge in [0.05, 0.1) is 11.4 Å². The highest BCUT2D eigenvalue weighted by Crippen LogP contribution is 2.20. The number of aryl methyl sites for hydroxylation is 1. The molecule has 8 nitrogen and oxygen atoms in total. The third-order valence-electron chi connectivity index (χ3n) is 5.02. The summed E-state index contributed by atoms with van der Waals surface area (Å²) in [5.74, 6) is -1.06. The molecule has 33 heavy (non-hydrogen) atoms. The molecule has 1 heterocycles. The van der Waals surface area contributed by atoms with Gasteiger partial charge in [0, 0.05) is 12.0 Å². The molecule has 0 saturated carbocycles. The van der Waals surface area contributed by atoms with Gasteiger partial charge in [-0.05, 0) is 53.2 Å². The topological polar surface area (TPSA) is 102 Å². The highest BCUT2D eigenvalue weighted by atomic mass is 19.1. The molecular formula is C24H21FN6O2. The summed E-state index contributed by atoms with van der Waals surface area (Å²) in [4.78, 5) is 25.9. The van der Waals surface area contributed by atoms with Gasteiger partial charge in [0.25, 0.3) is 5.91 Å². The number of tetrazole rings is 1. The Balaban J connectivity index is 1.58. The maximum absolute atomic E-state index is 14.5. The van der Waals surface area contributed by atoms with Crippen LogP contribution < -0.4 is 10.6 Å². The summed E-state index contributed by atoms with van der Waals surface area (Å²) in [6.07, 6.45) is 0.235. The number of hydrogen-bond acceptors (Lipinski definition) is 5. The SMILES string of the molecule is Cc1nnnn1-c1ccc(F)c(NC(=O)C(Cc2ccccc2)NC(=O)c2ccccc2)c1. The Labute approximate surface area is 189 Å². The van der Waals surface area contributed by atoms with Gasteiger partial charge in [-0.2, -0.15) is 4.68 Å². The molecule has 0 aliphatic heterocycles. The van der Waals surface area contributed by atoms with Crippen molar-refractivity contribution in [3.8, 4) is 5.69 Å². The first-order valence-electron chi connectivity index (χ1n) is 10.3. The molecule has 4 rings (SSSR count). The molecule has 4 aromatic rings. The summed E-state index contributed by atoms with van der Waals surface area (Å²) in [7, 11) is 0. The number of nitrogens with one attached hydrogen (secondary N) is 2. The zero-order valence-electron chi connectivity index (χ0n) is 17.8. The number of halogens is 1. The minimum Gasteiger partial charge on any atom is -0.340 e. The predicted octanol–water partition coefficient (Wildman–Crippen LogP) is 3.09. The highest BCUT2D eigenvalue weighted by molar-refractivity contribution is 6.01. The smallest absolute Gasteiger partial charge is 0.251 e. The monoisotopic (exact) mass is 444 g/mol. The Morgan fingerprint density at radius 1 is 1.00 bits per heavy atom. The quantitative estimate of drug-likeness (QED) is 0.456. The fourth-order valence-corrected chi connectivity index (χ4v) is 3.32. The van der Waals surface area contributed by atoms with E-state index in [0.29, 0.717) is 17.1 Å². The van der Waals surface area contributed by atoms with Crippen molar-refractivity contribution < 1.29 is 14.0 Å². The molecule has 1 unspecified atom stereocenters. The van der Waals surface area contributed by atoms with E-state index >= 15 is 0 Å². The van der Waals surface area contributed by atoms with E-state index in [9.17, 15) is 14.0 Å². The molecule has 0 radical (unpaired) electrons. The van der Waals surface area contributed by atoms with Gasteiger partial charge < -0.3 is 10.6 Å². The Bertz CT molecular complexity index is 1260. The third kappa shape index (κ3) is 5.27. The van der Waals surface area contributed by atoms with Gasteiger partial charge in [0.2, 0.25) is 5.91 Å². The van der Waals surface area contributed by atoms with Crippen molar-refractivity contribution in [2.45, 2.75) is 19.4 Å². The van der Waals surface area contributed by atoms with E-state index in [1.165, 1.54) is 22.9 Å². The maximum Gasteiger partial charge on any atom is 0.251 e. The molecule has 0 fully saturated rings. The van der Waals surface area contributed by atoms with Crippen LogP contribution in [-0.4, -0.2) is 38.1 Å². The lowest BCUT2D eigenvalue weighted by molar-refractivity contribution is -0.118. The van der Waals surface area contributed by atoms with Crippen molar-refractivity contribution in [3.05, 3.63) is 102 Å². The molecule has 1 aromatic heterocycles. The fraction of sp³-hybridized carbons (Fsp3) is 0.125. The van der Waals surface area contributed by atoms with Gasteiger partial charge in [-0.3, -0.25) is 9.59 Å². The maximum atomic E-state index is 14.5. The van der Waals surface area contributed by atoms with Crippen LogP contribution >= 0.6 is 0 Å². The number of anilines is 1. The highest BCUT2D eigenvalue weighted by Gasteiger charge is 2.23. The number of hydrogen-bond donors (Lipinski definition) is 2. The number of benzene rings is 3. The normalized spacial score (nSPS) is 11.6. The standard InChI is InChI=1S/C24H21FN6O2/c1-16-28-29-30-31(16)19-12-13-20(25)21(15-19)26-24(33)22(14-17-8-4-2-5-9-17)27-23(32)18-10-6-3-7-11-18/h2-13,15,22H,14H2,1H3,(H,26,33)(H,27,32). The number of aromatic nitrogens is 4. The molecule has 2 N–H and O–H groups in total. The average molecular weight is 444 g/mol. The van der Waals surface area contributed by atoms with Gasteiger partial charge in [-0.15, -0.1) is 5.10 Å². The van der Waals surface area contributed by atoms with Gasteiger partial charge in [-0.25, -0.2) is 4.39 Å². The summed E-state index contributed by atoms with van der Waals surface area (Å²) in [5, 5.41) is 16.6. The van der Waals surface area contributed by atoms with E-state index in [0.717, 1.165) is 5.56 Å². The molecular weight excluding hydrogens is 423 g/mol. The zero-order valence-corrected chi connectivity index (χ0v) is 17.8. The van der Waals surface area contributed by atoms with Crippen LogP contribution in [0.25, 0.3) is 5.69 Å². The lowest BCUT2D eigenvalue weighted by atomic mass is 10.0. The molecule has 1 atom stereocenters. The van der Waals surface area contributed by atoms with Gasteiger partial charge >= 0.3 is 0 Å². The Hall–Kier alpha value is -4.40. The van der Waals surface area contributed by atoms with Crippen LogP contribution in [0.2, 0.25) is 0 Å². The van der Waals surface area contributed by atoms with Gasteiger partial charge in [0.15, 0.2) is 5.82 Å². The van der Waals surface area contributed by atoms with Crippen LogP contribution in [-0.2, 0) is 11.2 Å². The van der Waals surface area contributed by atoms with Crippen molar-refractivity contribution in [1.29, 1.82) is 0 Å². The Kier molecular flexibility index (Phi) is 6.49. The van der Waals surface area contributed by atoms with Crippen LogP contribution in [0.15, 0.2) is 78.9 Å². The molecule has 0 bridgehead atoms. The first-order valence-corrected chi connectivity index (χ1v) is 10.3.